The Bertz CT molecular complexity index is 475. The van der Waals surface area contributed by atoms with Crippen LogP contribution in [0, 0.1) is 13.8 Å². The maximum atomic E-state index is 6.14. The molecule has 2 nitrogen and oxygen atoms in total. The molecule has 2 aromatic rings. The molecule has 0 aliphatic rings. The molecular weight excluding hydrogens is 274 g/mol. The number of halogens is 1. The Hall–Kier alpha value is -0.580. The predicted octanol–water partition coefficient (Wildman–Crippen LogP) is 3.77. The first-order chi connectivity index (χ1) is 7.08. The molecule has 0 amide bonds. The number of furan rings is 1. The van der Waals surface area contributed by atoms with E-state index in [-0.39, 0.29) is 6.04 Å². The van der Waals surface area contributed by atoms with Crippen molar-refractivity contribution in [3.63, 3.8) is 0 Å². The van der Waals surface area contributed by atoms with E-state index in [0.29, 0.717) is 0 Å². The van der Waals surface area contributed by atoms with Crippen LogP contribution in [0.1, 0.15) is 27.1 Å². The molecule has 2 heterocycles. The smallest absolute Gasteiger partial charge is 0.169 e. The van der Waals surface area contributed by atoms with Crippen LogP contribution in [0.25, 0.3) is 0 Å². The van der Waals surface area contributed by atoms with Gasteiger partial charge in [0.05, 0.1) is 6.04 Å². The molecule has 0 aliphatic heterocycles. The highest BCUT2D eigenvalue weighted by atomic mass is 79.9. The summed E-state index contributed by atoms with van der Waals surface area (Å²) in [6, 6.07) is 5.73. The fourth-order valence-corrected chi connectivity index (χ4v) is 2.90. The maximum absolute atomic E-state index is 6.14. The van der Waals surface area contributed by atoms with Crippen molar-refractivity contribution in [2.75, 3.05) is 0 Å². The van der Waals surface area contributed by atoms with Gasteiger partial charge in [0.1, 0.15) is 5.76 Å². The molecule has 0 fully saturated rings. The summed E-state index contributed by atoms with van der Waals surface area (Å²) in [5, 5.41) is 0. The van der Waals surface area contributed by atoms with Gasteiger partial charge in [-0.15, -0.1) is 11.3 Å². The highest BCUT2D eigenvalue weighted by Gasteiger charge is 2.16. The summed E-state index contributed by atoms with van der Waals surface area (Å²) in [6.07, 6.45) is 0. The van der Waals surface area contributed by atoms with Crippen LogP contribution in [0.15, 0.2) is 27.3 Å². The van der Waals surface area contributed by atoms with Crippen molar-refractivity contribution in [3.05, 3.63) is 43.9 Å². The Morgan fingerprint density at radius 3 is 2.60 bits per heavy atom. The Labute approximate surface area is 101 Å². The van der Waals surface area contributed by atoms with Crippen LogP contribution in [-0.2, 0) is 0 Å². The van der Waals surface area contributed by atoms with Crippen LogP contribution < -0.4 is 5.73 Å². The fourth-order valence-electron chi connectivity index (χ4n) is 1.61. The highest BCUT2D eigenvalue weighted by molar-refractivity contribution is 9.10. The first-order valence-corrected chi connectivity index (χ1v) is 6.26. The third-order valence-electron chi connectivity index (χ3n) is 2.31. The second-order valence-corrected chi connectivity index (χ2v) is 5.73. The molecule has 80 valence electrons. The van der Waals surface area contributed by atoms with Crippen LogP contribution in [0.3, 0.4) is 0 Å². The average molecular weight is 286 g/mol. The normalized spacial score (nSPS) is 13.1. The van der Waals surface area contributed by atoms with E-state index >= 15 is 0 Å². The van der Waals surface area contributed by atoms with E-state index in [2.05, 4.69) is 35.8 Å². The van der Waals surface area contributed by atoms with Gasteiger partial charge < -0.3 is 10.2 Å². The molecule has 0 saturated heterocycles. The maximum Gasteiger partial charge on any atom is 0.169 e. The van der Waals surface area contributed by atoms with E-state index in [1.807, 2.05) is 12.1 Å². The summed E-state index contributed by atoms with van der Waals surface area (Å²) >= 11 is 5.04. The largest absolute Gasteiger partial charge is 0.452 e. The van der Waals surface area contributed by atoms with Crippen molar-refractivity contribution in [1.29, 1.82) is 0 Å². The van der Waals surface area contributed by atoms with Gasteiger partial charge in [-0.3, -0.25) is 0 Å². The molecule has 4 heteroatoms. The molecule has 0 spiro atoms. The molecule has 0 radical (unpaired) electrons. The molecular formula is C11H12BrNOS. The van der Waals surface area contributed by atoms with E-state index in [9.17, 15) is 0 Å². The summed E-state index contributed by atoms with van der Waals surface area (Å²) < 4.78 is 6.18. The van der Waals surface area contributed by atoms with Gasteiger partial charge >= 0.3 is 0 Å². The zero-order chi connectivity index (χ0) is 11.0. The molecule has 2 N–H and O–H groups in total. The standard InChI is InChI=1S/C11H12BrNOS/c1-6-5-8(7(2)15-6)11(13)9-3-4-10(12)14-9/h3-5,11H,13H2,1-2H3. The number of hydrogen-bond donors (Lipinski definition) is 1. The zero-order valence-electron chi connectivity index (χ0n) is 8.58. The summed E-state index contributed by atoms with van der Waals surface area (Å²) in [4.78, 5) is 2.54. The molecule has 0 saturated carbocycles. The van der Waals surface area contributed by atoms with Crippen molar-refractivity contribution >= 4 is 27.3 Å². The van der Waals surface area contributed by atoms with Crippen molar-refractivity contribution in [2.24, 2.45) is 5.73 Å². The van der Waals surface area contributed by atoms with E-state index in [1.54, 1.807) is 11.3 Å². The minimum Gasteiger partial charge on any atom is -0.452 e. The second kappa shape index (κ2) is 4.12. The Morgan fingerprint density at radius 1 is 1.40 bits per heavy atom. The van der Waals surface area contributed by atoms with Crippen LogP contribution in [0.2, 0.25) is 0 Å². The first kappa shape index (κ1) is 10.9. The molecule has 0 aliphatic carbocycles. The van der Waals surface area contributed by atoms with Crippen LogP contribution >= 0.6 is 27.3 Å². The highest BCUT2D eigenvalue weighted by Crippen LogP contribution is 2.30. The van der Waals surface area contributed by atoms with Gasteiger partial charge in [0.2, 0.25) is 0 Å². The Kier molecular flexibility index (Phi) is 3.00. The topological polar surface area (TPSA) is 39.2 Å². The minimum absolute atomic E-state index is 0.166. The van der Waals surface area contributed by atoms with E-state index < -0.39 is 0 Å². The lowest BCUT2D eigenvalue weighted by Crippen LogP contribution is -2.10. The van der Waals surface area contributed by atoms with Crippen molar-refractivity contribution in [2.45, 2.75) is 19.9 Å². The number of hydrogen-bond acceptors (Lipinski definition) is 3. The van der Waals surface area contributed by atoms with Gasteiger partial charge in [-0.05, 0) is 53.5 Å². The fraction of sp³-hybridized carbons (Fsp3) is 0.273. The van der Waals surface area contributed by atoms with Gasteiger partial charge in [0.15, 0.2) is 4.67 Å². The van der Waals surface area contributed by atoms with E-state index in [1.165, 1.54) is 9.75 Å². The summed E-state index contributed by atoms with van der Waals surface area (Å²) in [7, 11) is 0. The Balaban J connectivity index is 2.35. The zero-order valence-corrected chi connectivity index (χ0v) is 11.0. The first-order valence-electron chi connectivity index (χ1n) is 4.65. The van der Waals surface area contributed by atoms with E-state index in [0.717, 1.165) is 16.0 Å². The lowest BCUT2D eigenvalue weighted by atomic mass is 10.1. The van der Waals surface area contributed by atoms with Gasteiger partial charge in [0, 0.05) is 9.75 Å². The lowest BCUT2D eigenvalue weighted by molar-refractivity contribution is 0.470. The SMILES string of the molecule is Cc1cc(C(N)c2ccc(Br)o2)c(C)s1. The van der Waals surface area contributed by atoms with Crippen LogP contribution in [0.4, 0.5) is 0 Å². The number of aryl methyl sites for hydroxylation is 2. The second-order valence-electron chi connectivity index (χ2n) is 3.49. The quantitative estimate of drug-likeness (QED) is 0.912. The number of rotatable bonds is 2. The Morgan fingerprint density at radius 2 is 2.13 bits per heavy atom. The molecule has 1 atom stereocenters. The van der Waals surface area contributed by atoms with E-state index in [4.69, 9.17) is 10.2 Å². The summed E-state index contributed by atoms with van der Waals surface area (Å²) in [5.74, 6) is 0.794. The van der Waals surface area contributed by atoms with Crippen molar-refractivity contribution in [1.82, 2.24) is 0 Å². The van der Waals surface area contributed by atoms with Gasteiger partial charge in [-0.25, -0.2) is 0 Å². The third-order valence-corrected chi connectivity index (χ3v) is 3.72. The molecule has 0 bridgehead atoms. The molecule has 2 rings (SSSR count). The summed E-state index contributed by atoms with van der Waals surface area (Å²) in [5.41, 5.74) is 7.29. The van der Waals surface area contributed by atoms with Crippen molar-refractivity contribution < 1.29 is 4.42 Å². The van der Waals surface area contributed by atoms with Crippen molar-refractivity contribution in [3.8, 4) is 0 Å². The average Bonchev–Trinajstić information content (AvgIpc) is 2.71. The molecule has 15 heavy (non-hydrogen) atoms. The molecule has 1 unspecified atom stereocenters. The minimum atomic E-state index is -0.166. The summed E-state index contributed by atoms with van der Waals surface area (Å²) in [6.45, 7) is 4.18. The number of nitrogens with two attached hydrogens (primary N) is 1. The van der Waals surface area contributed by atoms with Crippen LogP contribution in [0.5, 0.6) is 0 Å². The van der Waals surface area contributed by atoms with Gasteiger partial charge in [-0.2, -0.15) is 0 Å². The predicted molar refractivity (Wildman–Crippen MR) is 66.2 cm³/mol. The van der Waals surface area contributed by atoms with Gasteiger partial charge in [0.25, 0.3) is 0 Å². The van der Waals surface area contributed by atoms with Crippen LogP contribution in [-0.4, -0.2) is 0 Å². The lowest BCUT2D eigenvalue weighted by Gasteiger charge is -2.07. The molecule has 0 aromatic carbocycles. The monoisotopic (exact) mass is 285 g/mol. The van der Waals surface area contributed by atoms with Gasteiger partial charge in [-0.1, -0.05) is 0 Å². The number of thiophene rings is 1. The third kappa shape index (κ3) is 2.17. The molecule has 2 aromatic heterocycles.